The van der Waals surface area contributed by atoms with Crippen LogP contribution in [0.2, 0.25) is 0 Å². The van der Waals surface area contributed by atoms with Gasteiger partial charge in [-0.25, -0.2) is 0 Å². The van der Waals surface area contributed by atoms with Crippen LogP contribution in [0, 0.1) is 0 Å². The number of aliphatic imine (C=N–C) groups is 1. The summed E-state index contributed by atoms with van der Waals surface area (Å²) in [7, 11) is 2.19. The molecule has 0 radical (unpaired) electrons. The van der Waals surface area contributed by atoms with Crippen molar-refractivity contribution >= 4 is 29.9 Å². The molecule has 6 heteroatoms. The zero-order chi connectivity index (χ0) is 16.4. The lowest BCUT2D eigenvalue weighted by Crippen LogP contribution is -2.39. The summed E-state index contributed by atoms with van der Waals surface area (Å²) in [4.78, 5) is 7.07. The third-order valence-corrected chi connectivity index (χ3v) is 4.33. The maximum absolute atomic E-state index is 5.79. The molecule has 1 aliphatic rings. The standard InChI is InChI=1S/C17H36N4O.HI/c1-6-18-16(20-14-17(4)10-9-13-22-17)19-11-7-8-12-21(5)15(2)3;/h15H,6-14H2,1-5H3,(H2,18,19,20);1H. The highest BCUT2D eigenvalue weighted by atomic mass is 127. The first-order chi connectivity index (χ1) is 10.5. The van der Waals surface area contributed by atoms with Gasteiger partial charge >= 0.3 is 0 Å². The van der Waals surface area contributed by atoms with Crippen LogP contribution in [0.25, 0.3) is 0 Å². The average molecular weight is 440 g/mol. The summed E-state index contributed by atoms with van der Waals surface area (Å²) in [6.45, 7) is 13.3. The molecule has 1 fully saturated rings. The number of halogens is 1. The van der Waals surface area contributed by atoms with E-state index in [0.717, 1.165) is 58.0 Å². The molecule has 1 unspecified atom stereocenters. The maximum Gasteiger partial charge on any atom is 0.191 e. The van der Waals surface area contributed by atoms with Gasteiger partial charge in [0.2, 0.25) is 0 Å². The summed E-state index contributed by atoms with van der Waals surface area (Å²) in [6.07, 6.45) is 4.63. The van der Waals surface area contributed by atoms with Crippen molar-refractivity contribution in [1.29, 1.82) is 0 Å². The van der Waals surface area contributed by atoms with Gasteiger partial charge < -0.3 is 20.3 Å². The second kappa shape index (κ2) is 12.3. The highest BCUT2D eigenvalue weighted by molar-refractivity contribution is 14.0. The third kappa shape index (κ3) is 9.72. The van der Waals surface area contributed by atoms with E-state index in [4.69, 9.17) is 4.74 Å². The Hall–Kier alpha value is -0.0800. The van der Waals surface area contributed by atoms with Gasteiger partial charge in [0.1, 0.15) is 0 Å². The predicted octanol–water partition coefficient (Wildman–Crippen LogP) is 2.85. The second-order valence-corrected chi connectivity index (χ2v) is 6.81. The Morgan fingerprint density at radius 1 is 1.30 bits per heavy atom. The van der Waals surface area contributed by atoms with Crippen molar-refractivity contribution in [1.82, 2.24) is 15.5 Å². The van der Waals surface area contributed by atoms with Crippen LogP contribution in [0.15, 0.2) is 4.99 Å². The molecular formula is C17H37IN4O. The molecule has 5 nitrogen and oxygen atoms in total. The van der Waals surface area contributed by atoms with Gasteiger partial charge in [-0.05, 0) is 67.0 Å². The van der Waals surface area contributed by atoms with Crippen LogP contribution in [-0.2, 0) is 4.74 Å². The normalized spacial score (nSPS) is 21.6. The quantitative estimate of drug-likeness (QED) is 0.251. The summed E-state index contributed by atoms with van der Waals surface area (Å²) < 4.78 is 5.79. The molecule has 0 aromatic heterocycles. The summed E-state index contributed by atoms with van der Waals surface area (Å²) in [5.74, 6) is 0.913. The zero-order valence-electron chi connectivity index (χ0n) is 15.7. The lowest BCUT2D eigenvalue weighted by Gasteiger charge is -2.22. The first-order valence-electron chi connectivity index (χ1n) is 8.83. The number of guanidine groups is 1. The molecule has 0 aromatic rings. The first-order valence-corrected chi connectivity index (χ1v) is 8.83. The number of hydrogen-bond donors (Lipinski definition) is 2. The van der Waals surface area contributed by atoms with E-state index in [9.17, 15) is 0 Å². The number of rotatable bonds is 9. The van der Waals surface area contributed by atoms with E-state index in [1.165, 1.54) is 6.42 Å². The van der Waals surface area contributed by atoms with Gasteiger partial charge in [0.05, 0.1) is 12.1 Å². The molecule has 0 bridgehead atoms. The Balaban J connectivity index is 0.00000484. The number of nitrogens with zero attached hydrogens (tertiary/aromatic N) is 2. The monoisotopic (exact) mass is 440 g/mol. The largest absolute Gasteiger partial charge is 0.373 e. The lowest BCUT2D eigenvalue weighted by atomic mass is 10.0. The van der Waals surface area contributed by atoms with Crippen LogP contribution < -0.4 is 10.6 Å². The average Bonchev–Trinajstić information content (AvgIpc) is 2.91. The minimum absolute atomic E-state index is 0. The van der Waals surface area contributed by atoms with Crippen molar-refractivity contribution in [3.05, 3.63) is 0 Å². The van der Waals surface area contributed by atoms with Crippen LogP contribution in [0.5, 0.6) is 0 Å². The molecule has 138 valence electrons. The molecule has 1 aliphatic heterocycles. The Morgan fingerprint density at radius 3 is 2.61 bits per heavy atom. The van der Waals surface area contributed by atoms with E-state index >= 15 is 0 Å². The zero-order valence-corrected chi connectivity index (χ0v) is 18.0. The maximum atomic E-state index is 5.79. The molecule has 0 spiro atoms. The fourth-order valence-electron chi connectivity index (χ4n) is 2.50. The minimum Gasteiger partial charge on any atom is -0.373 e. The fraction of sp³-hybridized carbons (Fsp3) is 0.941. The number of ether oxygens (including phenoxy) is 1. The Bertz CT molecular complexity index is 331. The Labute approximate surface area is 160 Å². The van der Waals surface area contributed by atoms with E-state index in [1.54, 1.807) is 0 Å². The van der Waals surface area contributed by atoms with E-state index in [-0.39, 0.29) is 29.6 Å². The van der Waals surface area contributed by atoms with Gasteiger partial charge in [0.25, 0.3) is 0 Å². The highest BCUT2D eigenvalue weighted by Gasteiger charge is 2.29. The van der Waals surface area contributed by atoms with E-state index < -0.39 is 0 Å². The Kier molecular flexibility index (Phi) is 12.3. The van der Waals surface area contributed by atoms with Crippen molar-refractivity contribution in [3.8, 4) is 0 Å². The van der Waals surface area contributed by atoms with Gasteiger partial charge in [-0.2, -0.15) is 0 Å². The van der Waals surface area contributed by atoms with Crippen molar-refractivity contribution in [3.63, 3.8) is 0 Å². The van der Waals surface area contributed by atoms with Crippen LogP contribution in [0.3, 0.4) is 0 Å². The van der Waals surface area contributed by atoms with Crippen LogP contribution in [0.4, 0.5) is 0 Å². The molecule has 0 saturated carbocycles. The lowest BCUT2D eigenvalue weighted by molar-refractivity contribution is 0.0283. The van der Waals surface area contributed by atoms with Gasteiger partial charge in [-0.1, -0.05) is 0 Å². The topological polar surface area (TPSA) is 48.9 Å². The summed E-state index contributed by atoms with van der Waals surface area (Å²) in [5.41, 5.74) is -0.0671. The molecule has 2 N–H and O–H groups in total. The van der Waals surface area contributed by atoms with Crippen molar-refractivity contribution in [2.75, 3.05) is 39.8 Å². The molecule has 1 heterocycles. The van der Waals surface area contributed by atoms with Gasteiger partial charge in [-0.3, -0.25) is 4.99 Å². The number of nitrogens with one attached hydrogen (secondary N) is 2. The van der Waals surface area contributed by atoms with E-state index in [0.29, 0.717) is 6.04 Å². The highest BCUT2D eigenvalue weighted by Crippen LogP contribution is 2.24. The number of hydrogen-bond acceptors (Lipinski definition) is 3. The van der Waals surface area contributed by atoms with Crippen molar-refractivity contribution in [2.24, 2.45) is 4.99 Å². The molecule has 1 atom stereocenters. The summed E-state index contributed by atoms with van der Waals surface area (Å²) in [5, 5.41) is 6.74. The Morgan fingerprint density at radius 2 is 2.04 bits per heavy atom. The first kappa shape index (κ1) is 22.9. The van der Waals surface area contributed by atoms with E-state index in [1.807, 2.05) is 0 Å². The van der Waals surface area contributed by atoms with Gasteiger partial charge in [-0.15, -0.1) is 24.0 Å². The van der Waals surface area contributed by atoms with Gasteiger partial charge in [0, 0.05) is 25.7 Å². The molecular weight excluding hydrogens is 403 g/mol. The molecule has 0 aromatic carbocycles. The summed E-state index contributed by atoms with van der Waals surface area (Å²) in [6, 6.07) is 0.624. The molecule has 1 rings (SSSR count). The van der Waals surface area contributed by atoms with Crippen molar-refractivity contribution < 1.29 is 4.74 Å². The fourth-order valence-corrected chi connectivity index (χ4v) is 2.50. The molecule has 0 amide bonds. The SMILES string of the molecule is CCNC(=NCC1(C)CCCO1)NCCCCN(C)C(C)C.I. The van der Waals surface area contributed by atoms with Gasteiger partial charge in [0.15, 0.2) is 5.96 Å². The second-order valence-electron chi connectivity index (χ2n) is 6.81. The molecule has 23 heavy (non-hydrogen) atoms. The van der Waals surface area contributed by atoms with Crippen LogP contribution in [-0.4, -0.2) is 62.3 Å². The van der Waals surface area contributed by atoms with Crippen molar-refractivity contribution in [2.45, 2.75) is 65.0 Å². The molecule has 1 saturated heterocycles. The smallest absolute Gasteiger partial charge is 0.191 e. The van der Waals surface area contributed by atoms with E-state index in [2.05, 4.69) is 55.3 Å². The number of unbranched alkanes of at least 4 members (excludes halogenated alkanes) is 1. The van der Waals surface area contributed by atoms with Crippen LogP contribution in [0.1, 0.15) is 53.4 Å². The van der Waals surface area contributed by atoms with Crippen LogP contribution >= 0.6 is 24.0 Å². The summed E-state index contributed by atoms with van der Waals surface area (Å²) >= 11 is 0. The molecule has 0 aliphatic carbocycles. The minimum atomic E-state index is -0.0671. The predicted molar refractivity (Wildman–Crippen MR) is 110 cm³/mol. The third-order valence-electron chi connectivity index (χ3n) is 4.33.